The van der Waals surface area contributed by atoms with Crippen LogP contribution in [0, 0.1) is 5.92 Å². The molecule has 0 rings (SSSR count). The molecule has 0 unspecified atom stereocenters. The molecule has 0 aliphatic carbocycles. The van der Waals surface area contributed by atoms with Gasteiger partial charge in [-0.1, -0.05) is 19.6 Å². The molecule has 1 amide bonds. The van der Waals surface area contributed by atoms with Gasteiger partial charge in [0.1, 0.15) is 6.61 Å². The second kappa shape index (κ2) is 7.84. The average Bonchev–Trinajstić information content (AvgIpc) is 2.13. The third-order valence-corrected chi connectivity index (χ3v) is 1.76. The van der Waals surface area contributed by atoms with Crippen LogP contribution in [0.3, 0.4) is 0 Å². The molecule has 0 spiro atoms. The molecule has 0 fully saturated rings. The molecule has 0 saturated carbocycles. The van der Waals surface area contributed by atoms with Gasteiger partial charge < -0.3 is 15.2 Å². The maximum atomic E-state index is 10.9. The quantitative estimate of drug-likeness (QED) is 0.629. The summed E-state index contributed by atoms with van der Waals surface area (Å²) in [4.78, 5) is 21.2. The molecule has 0 bridgehead atoms. The highest BCUT2D eigenvalue weighted by molar-refractivity contribution is 5.67. The lowest BCUT2D eigenvalue weighted by Gasteiger charge is -2.09. The minimum absolute atomic E-state index is 0.0437. The highest BCUT2D eigenvalue weighted by Gasteiger charge is 2.08. The maximum Gasteiger partial charge on any atom is 0.407 e. The zero-order chi connectivity index (χ0) is 11.7. The van der Waals surface area contributed by atoms with Crippen molar-refractivity contribution in [2.75, 3.05) is 13.2 Å². The number of rotatable bonds is 7. The zero-order valence-electron chi connectivity index (χ0n) is 8.86. The summed E-state index contributed by atoms with van der Waals surface area (Å²) in [6, 6.07) is 0. The number of carboxylic acid groups (broad SMARTS) is 1. The van der Waals surface area contributed by atoms with Gasteiger partial charge in [0.2, 0.25) is 0 Å². The van der Waals surface area contributed by atoms with Gasteiger partial charge in [0.05, 0.1) is 0 Å². The van der Waals surface area contributed by atoms with Crippen molar-refractivity contribution in [2.24, 2.45) is 5.92 Å². The molecule has 5 heteroatoms. The minimum Gasteiger partial charge on any atom is -0.481 e. The van der Waals surface area contributed by atoms with Gasteiger partial charge in [0.25, 0.3) is 0 Å². The van der Waals surface area contributed by atoms with Crippen molar-refractivity contribution in [3.63, 3.8) is 0 Å². The Bertz CT molecular complexity index is 227. The topological polar surface area (TPSA) is 75.6 Å². The summed E-state index contributed by atoms with van der Waals surface area (Å²) >= 11 is 0. The molecule has 2 N–H and O–H groups in total. The Labute approximate surface area is 89.1 Å². The lowest BCUT2D eigenvalue weighted by atomic mass is 10.0. The molecule has 0 aliphatic heterocycles. The van der Waals surface area contributed by atoms with Crippen LogP contribution in [0.5, 0.6) is 0 Å². The first kappa shape index (κ1) is 13.5. The monoisotopic (exact) mass is 215 g/mol. The van der Waals surface area contributed by atoms with Crippen molar-refractivity contribution in [1.82, 2.24) is 5.32 Å². The number of carbonyl (C=O) groups excluding carboxylic acids is 1. The van der Waals surface area contributed by atoms with Crippen LogP contribution in [0.4, 0.5) is 4.79 Å². The molecule has 15 heavy (non-hydrogen) atoms. The summed E-state index contributed by atoms with van der Waals surface area (Å²) in [5.41, 5.74) is 0. The molecular formula is C10H17NO4. The van der Waals surface area contributed by atoms with Crippen LogP contribution in [-0.4, -0.2) is 30.3 Å². The Hall–Kier alpha value is -1.52. The predicted octanol–water partition coefficient (Wildman–Crippen LogP) is 1.40. The fourth-order valence-corrected chi connectivity index (χ4v) is 1.01. The van der Waals surface area contributed by atoms with Crippen molar-refractivity contribution >= 4 is 12.1 Å². The van der Waals surface area contributed by atoms with E-state index in [-0.39, 0.29) is 18.9 Å². The molecule has 0 aliphatic rings. The molecule has 1 atom stereocenters. The third-order valence-electron chi connectivity index (χ3n) is 1.76. The van der Waals surface area contributed by atoms with Crippen LogP contribution >= 0.6 is 0 Å². The molecule has 0 heterocycles. The van der Waals surface area contributed by atoms with Gasteiger partial charge >= 0.3 is 12.1 Å². The van der Waals surface area contributed by atoms with Crippen LogP contribution < -0.4 is 5.32 Å². The molecule has 0 radical (unpaired) electrons. The number of carbonyl (C=O) groups is 2. The third kappa shape index (κ3) is 8.80. The van der Waals surface area contributed by atoms with Crippen molar-refractivity contribution in [1.29, 1.82) is 0 Å². The number of carboxylic acids is 1. The molecule has 0 aromatic rings. The van der Waals surface area contributed by atoms with Crippen LogP contribution in [0.1, 0.15) is 19.8 Å². The first-order valence-corrected chi connectivity index (χ1v) is 4.79. The number of ether oxygens (including phenoxy) is 1. The van der Waals surface area contributed by atoms with Crippen molar-refractivity contribution < 1.29 is 19.4 Å². The number of aliphatic carboxylic acids is 1. The van der Waals surface area contributed by atoms with E-state index >= 15 is 0 Å². The lowest BCUT2D eigenvalue weighted by Crippen LogP contribution is -2.26. The van der Waals surface area contributed by atoms with Gasteiger partial charge in [-0.2, -0.15) is 0 Å². The summed E-state index contributed by atoms with van der Waals surface area (Å²) in [5, 5.41) is 11.0. The Kier molecular flexibility index (Phi) is 7.05. The Balaban J connectivity index is 3.47. The largest absolute Gasteiger partial charge is 0.481 e. The molecule has 0 saturated heterocycles. The van der Waals surface area contributed by atoms with E-state index in [9.17, 15) is 9.59 Å². The summed E-state index contributed by atoms with van der Waals surface area (Å²) in [6.45, 7) is 5.83. The molecular weight excluding hydrogens is 198 g/mol. The highest BCUT2D eigenvalue weighted by Crippen LogP contribution is 2.05. The molecule has 0 aromatic carbocycles. The number of hydrogen-bond acceptors (Lipinski definition) is 3. The van der Waals surface area contributed by atoms with E-state index in [4.69, 9.17) is 5.11 Å². The van der Waals surface area contributed by atoms with E-state index in [1.807, 2.05) is 6.92 Å². The van der Waals surface area contributed by atoms with Crippen LogP contribution in [0.2, 0.25) is 0 Å². The summed E-state index contributed by atoms with van der Waals surface area (Å²) in [5.74, 6) is -0.779. The van der Waals surface area contributed by atoms with Crippen LogP contribution in [-0.2, 0) is 9.53 Å². The van der Waals surface area contributed by atoms with Gasteiger partial charge in [-0.05, 0) is 12.3 Å². The Morgan fingerprint density at radius 1 is 1.60 bits per heavy atom. The van der Waals surface area contributed by atoms with Crippen LogP contribution in [0.15, 0.2) is 12.7 Å². The summed E-state index contributed by atoms with van der Waals surface area (Å²) in [6.07, 6.45) is 1.71. The van der Waals surface area contributed by atoms with Gasteiger partial charge in [0.15, 0.2) is 0 Å². The second-order valence-electron chi connectivity index (χ2n) is 3.31. The summed E-state index contributed by atoms with van der Waals surface area (Å²) in [7, 11) is 0. The van der Waals surface area contributed by atoms with E-state index < -0.39 is 12.1 Å². The normalized spacial score (nSPS) is 11.5. The molecule has 5 nitrogen and oxygen atoms in total. The fourth-order valence-electron chi connectivity index (χ4n) is 1.01. The Morgan fingerprint density at radius 2 is 2.27 bits per heavy atom. The van der Waals surface area contributed by atoms with E-state index in [2.05, 4.69) is 16.6 Å². The van der Waals surface area contributed by atoms with Gasteiger partial charge in [-0.15, -0.1) is 0 Å². The first-order valence-electron chi connectivity index (χ1n) is 4.79. The number of amides is 1. The summed E-state index contributed by atoms with van der Waals surface area (Å²) < 4.78 is 4.67. The SMILES string of the molecule is C=CCOC(=O)NCC[C@@H](C)CC(=O)O. The minimum atomic E-state index is -0.822. The fraction of sp³-hybridized carbons (Fsp3) is 0.600. The molecule has 86 valence electrons. The zero-order valence-corrected chi connectivity index (χ0v) is 8.86. The smallest absolute Gasteiger partial charge is 0.407 e. The molecule has 0 aromatic heterocycles. The first-order chi connectivity index (χ1) is 7.06. The number of nitrogens with one attached hydrogen (secondary N) is 1. The van der Waals surface area contributed by atoms with E-state index in [0.717, 1.165) is 0 Å². The van der Waals surface area contributed by atoms with Crippen molar-refractivity contribution in [3.8, 4) is 0 Å². The highest BCUT2D eigenvalue weighted by atomic mass is 16.5. The lowest BCUT2D eigenvalue weighted by molar-refractivity contribution is -0.138. The number of hydrogen-bond donors (Lipinski definition) is 2. The average molecular weight is 215 g/mol. The standard InChI is InChI=1S/C10H17NO4/c1-3-6-15-10(14)11-5-4-8(2)7-9(12)13/h3,8H,1,4-7H2,2H3,(H,11,14)(H,12,13)/t8-/m1/s1. The van der Waals surface area contributed by atoms with Crippen molar-refractivity contribution in [3.05, 3.63) is 12.7 Å². The van der Waals surface area contributed by atoms with Crippen molar-refractivity contribution in [2.45, 2.75) is 19.8 Å². The van der Waals surface area contributed by atoms with E-state index in [0.29, 0.717) is 13.0 Å². The second-order valence-corrected chi connectivity index (χ2v) is 3.31. The predicted molar refractivity (Wildman–Crippen MR) is 55.6 cm³/mol. The number of alkyl carbamates (subject to hydrolysis) is 1. The van der Waals surface area contributed by atoms with Gasteiger partial charge in [-0.25, -0.2) is 4.79 Å². The van der Waals surface area contributed by atoms with E-state index in [1.54, 1.807) is 0 Å². The Morgan fingerprint density at radius 3 is 2.80 bits per heavy atom. The maximum absolute atomic E-state index is 10.9. The van der Waals surface area contributed by atoms with Gasteiger partial charge in [-0.3, -0.25) is 4.79 Å². The van der Waals surface area contributed by atoms with Gasteiger partial charge in [0, 0.05) is 13.0 Å². The van der Waals surface area contributed by atoms with Crippen LogP contribution in [0.25, 0.3) is 0 Å². The van der Waals surface area contributed by atoms with E-state index in [1.165, 1.54) is 6.08 Å².